The molecule has 2 aromatic rings. The molecule has 0 radical (unpaired) electrons. The summed E-state index contributed by atoms with van der Waals surface area (Å²) in [6.45, 7) is 0.303. The molecule has 0 spiro atoms. The molecule has 0 saturated heterocycles. The Hall–Kier alpha value is -1.74. The van der Waals surface area contributed by atoms with Gasteiger partial charge in [-0.1, -0.05) is 17.7 Å². The van der Waals surface area contributed by atoms with E-state index in [4.69, 9.17) is 22.1 Å². The van der Waals surface area contributed by atoms with Crippen LogP contribution in [0.25, 0.3) is 10.8 Å². The highest BCUT2D eigenvalue weighted by Crippen LogP contribution is 2.34. The average Bonchev–Trinajstić information content (AvgIpc) is 2.62. The predicted octanol–water partition coefficient (Wildman–Crippen LogP) is 2.75. The zero-order chi connectivity index (χ0) is 11.3. The van der Waals surface area contributed by atoms with Crippen LogP contribution in [-0.2, 0) is 11.3 Å². The van der Waals surface area contributed by atoms with E-state index in [0.29, 0.717) is 22.9 Å². The number of benzene rings is 2. The fourth-order valence-corrected chi connectivity index (χ4v) is 2.20. The molecule has 4 heteroatoms. The van der Waals surface area contributed by atoms with Crippen LogP contribution in [0, 0.1) is 0 Å². The number of carbonyl (C=O) groups excluding carboxylic acids is 1. The standard InChI is InChI=1S/C12H8ClNO2/c13-8-2-1-6-3-7-5-16-12(15)10(7)11(14)9(6)4-8/h1-4H,5,14H2. The fraction of sp³-hybridized carbons (Fsp3) is 0.0833. The number of hydrogen-bond donors (Lipinski definition) is 1. The quantitative estimate of drug-likeness (QED) is 0.562. The van der Waals surface area contributed by atoms with E-state index in [1.807, 2.05) is 12.1 Å². The van der Waals surface area contributed by atoms with Gasteiger partial charge in [0.15, 0.2) is 0 Å². The minimum Gasteiger partial charge on any atom is -0.457 e. The molecule has 1 aliphatic heterocycles. The lowest BCUT2D eigenvalue weighted by Crippen LogP contribution is -2.01. The SMILES string of the molecule is Nc1c2c(cc3ccc(Cl)cc13)COC2=O. The molecule has 0 aliphatic carbocycles. The van der Waals surface area contributed by atoms with E-state index in [1.54, 1.807) is 12.1 Å². The maximum absolute atomic E-state index is 11.5. The molecule has 2 aromatic carbocycles. The molecule has 0 aromatic heterocycles. The third-order valence-electron chi connectivity index (χ3n) is 2.79. The van der Waals surface area contributed by atoms with Crippen molar-refractivity contribution in [2.75, 3.05) is 5.73 Å². The van der Waals surface area contributed by atoms with Crippen molar-refractivity contribution in [3.63, 3.8) is 0 Å². The van der Waals surface area contributed by atoms with Crippen LogP contribution in [0.1, 0.15) is 15.9 Å². The van der Waals surface area contributed by atoms with Crippen LogP contribution < -0.4 is 5.73 Å². The van der Waals surface area contributed by atoms with Gasteiger partial charge >= 0.3 is 5.97 Å². The summed E-state index contributed by atoms with van der Waals surface area (Å²) in [5.74, 6) is -0.352. The molecule has 0 atom stereocenters. The Kier molecular flexibility index (Phi) is 1.85. The Bertz CT molecular complexity index is 622. The first-order valence-corrected chi connectivity index (χ1v) is 5.22. The predicted molar refractivity (Wildman–Crippen MR) is 62.5 cm³/mol. The van der Waals surface area contributed by atoms with E-state index in [0.717, 1.165) is 16.3 Å². The number of cyclic esters (lactones) is 1. The van der Waals surface area contributed by atoms with Gasteiger partial charge < -0.3 is 10.5 Å². The number of ether oxygens (including phenoxy) is 1. The van der Waals surface area contributed by atoms with Gasteiger partial charge in [0.2, 0.25) is 0 Å². The van der Waals surface area contributed by atoms with Crippen LogP contribution >= 0.6 is 11.6 Å². The Labute approximate surface area is 96.8 Å². The number of hydrogen-bond acceptors (Lipinski definition) is 3. The van der Waals surface area contributed by atoms with Gasteiger partial charge in [-0.15, -0.1) is 0 Å². The Morgan fingerprint density at radius 2 is 2.12 bits per heavy atom. The summed E-state index contributed by atoms with van der Waals surface area (Å²) < 4.78 is 4.95. The van der Waals surface area contributed by atoms with E-state index in [2.05, 4.69) is 0 Å². The minimum absolute atomic E-state index is 0.303. The fourth-order valence-electron chi connectivity index (χ4n) is 2.03. The third kappa shape index (κ3) is 1.18. The smallest absolute Gasteiger partial charge is 0.341 e. The van der Waals surface area contributed by atoms with E-state index < -0.39 is 0 Å². The largest absolute Gasteiger partial charge is 0.457 e. The molecule has 3 nitrogen and oxygen atoms in total. The van der Waals surface area contributed by atoms with Crippen molar-refractivity contribution in [1.82, 2.24) is 0 Å². The lowest BCUT2D eigenvalue weighted by atomic mass is 10.00. The van der Waals surface area contributed by atoms with E-state index in [9.17, 15) is 4.79 Å². The van der Waals surface area contributed by atoms with Gasteiger partial charge in [-0.3, -0.25) is 0 Å². The monoisotopic (exact) mass is 233 g/mol. The minimum atomic E-state index is -0.352. The second-order valence-corrected chi connectivity index (χ2v) is 4.20. The van der Waals surface area contributed by atoms with Crippen LogP contribution in [0.3, 0.4) is 0 Å². The normalized spacial score (nSPS) is 13.9. The van der Waals surface area contributed by atoms with Crippen molar-refractivity contribution in [3.8, 4) is 0 Å². The average molecular weight is 234 g/mol. The van der Waals surface area contributed by atoms with E-state index >= 15 is 0 Å². The Morgan fingerprint density at radius 3 is 2.94 bits per heavy atom. The summed E-state index contributed by atoms with van der Waals surface area (Å²) in [4.78, 5) is 11.5. The number of carbonyl (C=O) groups is 1. The van der Waals surface area contributed by atoms with Gasteiger partial charge in [0.1, 0.15) is 6.61 Å². The molecule has 0 bridgehead atoms. The molecule has 0 amide bonds. The Balaban J connectivity index is 2.44. The molecule has 0 unspecified atom stereocenters. The highest BCUT2D eigenvalue weighted by atomic mass is 35.5. The van der Waals surface area contributed by atoms with Crippen LogP contribution in [0.15, 0.2) is 24.3 Å². The maximum Gasteiger partial charge on any atom is 0.341 e. The van der Waals surface area contributed by atoms with Crippen molar-refractivity contribution in [2.24, 2.45) is 0 Å². The summed E-state index contributed by atoms with van der Waals surface area (Å²) in [7, 11) is 0. The molecule has 1 aliphatic rings. The Morgan fingerprint density at radius 1 is 1.31 bits per heavy atom. The molecule has 2 N–H and O–H groups in total. The number of halogens is 1. The van der Waals surface area contributed by atoms with Crippen molar-refractivity contribution >= 4 is 34.0 Å². The second-order valence-electron chi connectivity index (χ2n) is 3.77. The highest BCUT2D eigenvalue weighted by Gasteiger charge is 2.25. The topological polar surface area (TPSA) is 52.3 Å². The maximum atomic E-state index is 11.5. The molecule has 0 fully saturated rings. The number of esters is 1. The second kappa shape index (κ2) is 3.12. The van der Waals surface area contributed by atoms with Crippen molar-refractivity contribution in [2.45, 2.75) is 6.61 Å². The van der Waals surface area contributed by atoms with Crippen molar-refractivity contribution in [1.29, 1.82) is 0 Å². The van der Waals surface area contributed by atoms with Gasteiger partial charge in [-0.25, -0.2) is 4.79 Å². The third-order valence-corrected chi connectivity index (χ3v) is 3.02. The lowest BCUT2D eigenvalue weighted by Gasteiger charge is -2.06. The molecule has 3 rings (SSSR count). The molecular weight excluding hydrogens is 226 g/mol. The summed E-state index contributed by atoms with van der Waals surface area (Å²) in [5.41, 5.74) is 7.75. The van der Waals surface area contributed by atoms with Gasteiger partial charge in [0, 0.05) is 16.0 Å². The zero-order valence-corrected chi connectivity index (χ0v) is 9.04. The molecule has 80 valence electrons. The highest BCUT2D eigenvalue weighted by molar-refractivity contribution is 6.31. The van der Waals surface area contributed by atoms with Crippen LogP contribution in [0.2, 0.25) is 5.02 Å². The van der Waals surface area contributed by atoms with Gasteiger partial charge in [0.25, 0.3) is 0 Å². The number of nitrogens with two attached hydrogens (primary N) is 1. The van der Waals surface area contributed by atoms with Crippen LogP contribution in [0.5, 0.6) is 0 Å². The van der Waals surface area contributed by atoms with E-state index in [-0.39, 0.29) is 5.97 Å². The zero-order valence-electron chi connectivity index (χ0n) is 8.29. The van der Waals surface area contributed by atoms with Gasteiger partial charge in [-0.2, -0.15) is 0 Å². The van der Waals surface area contributed by atoms with Crippen LogP contribution in [0.4, 0.5) is 5.69 Å². The summed E-state index contributed by atoms with van der Waals surface area (Å²) in [6.07, 6.45) is 0. The molecular formula is C12H8ClNO2. The molecule has 1 heterocycles. The lowest BCUT2D eigenvalue weighted by molar-refractivity contribution is 0.0536. The van der Waals surface area contributed by atoms with Crippen molar-refractivity contribution in [3.05, 3.63) is 40.4 Å². The number of fused-ring (bicyclic) bond motifs is 2. The number of rotatable bonds is 0. The summed E-state index contributed by atoms with van der Waals surface area (Å²) in [5, 5.41) is 2.37. The van der Waals surface area contributed by atoms with E-state index in [1.165, 1.54) is 0 Å². The van der Waals surface area contributed by atoms with Crippen molar-refractivity contribution < 1.29 is 9.53 Å². The first-order chi connectivity index (χ1) is 7.66. The van der Waals surface area contributed by atoms with Crippen LogP contribution in [-0.4, -0.2) is 5.97 Å². The molecule has 16 heavy (non-hydrogen) atoms. The first kappa shape index (κ1) is 9.48. The van der Waals surface area contributed by atoms with Gasteiger partial charge in [-0.05, 0) is 23.6 Å². The number of nitrogen functional groups attached to an aromatic ring is 1. The van der Waals surface area contributed by atoms with Gasteiger partial charge in [0.05, 0.1) is 11.3 Å². The first-order valence-electron chi connectivity index (χ1n) is 4.84. The molecule has 0 saturated carbocycles. The summed E-state index contributed by atoms with van der Waals surface area (Å²) >= 11 is 5.91. The number of anilines is 1. The summed E-state index contributed by atoms with van der Waals surface area (Å²) in [6, 6.07) is 7.37.